The van der Waals surface area contributed by atoms with Crippen LogP contribution in [0, 0.1) is 0 Å². The van der Waals surface area contributed by atoms with Gasteiger partial charge in [0.2, 0.25) is 0 Å². The lowest BCUT2D eigenvalue weighted by Gasteiger charge is -2.12. The molecule has 9 heteroatoms. The normalized spacial score (nSPS) is 10.8. The summed E-state index contributed by atoms with van der Waals surface area (Å²) in [7, 11) is 0. The number of nitrogens with one attached hydrogen (secondary N) is 1. The first-order chi connectivity index (χ1) is 10.0. The maximum atomic E-state index is 10.9. The molecule has 0 spiro atoms. The van der Waals surface area contributed by atoms with Gasteiger partial charge in [-0.25, -0.2) is 4.98 Å². The molecule has 0 unspecified atom stereocenters. The summed E-state index contributed by atoms with van der Waals surface area (Å²) in [5.74, 6) is -1.57. The van der Waals surface area contributed by atoms with Crippen molar-refractivity contribution in [3.8, 4) is 0 Å². The summed E-state index contributed by atoms with van der Waals surface area (Å²) in [5.41, 5.74) is 2.81. The van der Waals surface area contributed by atoms with Crippen molar-refractivity contribution in [2.75, 3.05) is 5.43 Å². The van der Waals surface area contributed by atoms with Gasteiger partial charge in [-0.3, -0.25) is 10.4 Å². The molecule has 0 aliphatic rings. The summed E-state index contributed by atoms with van der Waals surface area (Å²) < 4.78 is 0. The van der Waals surface area contributed by atoms with Crippen LogP contribution in [0.25, 0.3) is 0 Å². The fourth-order valence-corrected chi connectivity index (χ4v) is 2.03. The number of aromatic nitrogens is 2. The molecule has 2 aromatic rings. The van der Waals surface area contributed by atoms with E-state index in [1.807, 2.05) is 0 Å². The van der Waals surface area contributed by atoms with Crippen molar-refractivity contribution in [2.45, 2.75) is 0 Å². The van der Waals surface area contributed by atoms with E-state index >= 15 is 0 Å². The number of nitrogens with zero attached hydrogens (tertiary/aromatic N) is 3. The average molecular weight is 345 g/mol. The number of pyridine rings is 2. The number of carbonyl (C=O) groups excluding carboxylic acids is 1. The number of anilines is 1. The summed E-state index contributed by atoms with van der Waals surface area (Å²) in [6.45, 7) is 0. The number of carbonyl (C=O) groups is 1. The molecule has 0 fully saturated rings. The molecule has 0 aliphatic carbocycles. The molecule has 0 bridgehead atoms. The predicted molar refractivity (Wildman–Crippen MR) is 79.1 cm³/mol. The van der Waals surface area contributed by atoms with Gasteiger partial charge in [-0.05, 0) is 17.7 Å². The number of hydrazone groups is 1. The van der Waals surface area contributed by atoms with E-state index in [1.54, 1.807) is 24.5 Å². The fourth-order valence-electron chi connectivity index (χ4n) is 1.37. The molecule has 0 saturated carbocycles. The van der Waals surface area contributed by atoms with Crippen LogP contribution < -0.4 is 10.5 Å². The van der Waals surface area contributed by atoms with Gasteiger partial charge in [0.25, 0.3) is 0 Å². The van der Waals surface area contributed by atoms with Gasteiger partial charge in [0.05, 0.1) is 22.9 Å². The van der Waals surface area contributed by atoms with E-state index in [0.717, 1.165) is 5.56 Å². The lowest BCUT2D eigenvalue weighted by atomic mass is 10.3. The molecule has 0 aromatic carbocycles. The molecular weight excluding hydrogens is 339 g/mol. The number of halogens is 3. The van der Waals surface area contributed by atoms with Crippen molar-refractivity contribution in [1.82, 2.24) is 9.97 Å². The molecule has 0 amide bonds. The Morgan fingerprint density at radius 3 is 2.52 bits per heavy atom. The van der Waals surface area contributed by atoms with E-state index in [9.17, 15) is 9.90 Å². The van der Waals surface area contributed by atoms with E-state index in [2.05, 4.69) is 20.5 Å². The second-order valence-electron chi connectivity index (χ2n) is 3.69. The fraction of sp³-hybridized carbons (Fsp3) is 0. The van der Waals surface area contributed by atoms with Crippen LogP contribution in [0.3, 0.4) is 0 Å². The highest BCUT2D eigenvalue weighted by molar-refractivity contribution is 6.46. The second-order valence-corrected chi connectivity index (χ2v) is 4.81. The van der Waals surface area contributed by atoms with Crippen LogP contribution in [-0.4, -0.2) is 22.2 Å². The van der Waals surface area contributed by atoms with Crippen LogP contribution in [0.15, 0.2) is 29.6 Å². The first-order valence-corrected chi connectivity index (χ1v) is 6.59. The first kappa shape index (κ1) is 15.5. The molecule has 0 radical (unpaired) electrons. The first-order valence-electron chi connectivity index (χ1n) is 5.45. The van der Waals surface area contributed by atoms with Crippen molar-refractivity contribution in [1.29, 1.82) is 0 Å². The Hall–Kier alpha value is -1.89. The number of hydrogen-bond acceptors (Lipinski definition) is 6. The number of carboxylic acid groups (broad SMARTS) is 1. The minimum absolute atomic E-state index is 0.0304. The topological polar surface area (TPSA) is 90.3 Å². The van der Waals surface area contributed by atoms with E-state index in [0.29, 0.717) is 0 Å². The largest absolute Gasteiger partial charge is 0.543 e. The summed E-state index contributed by atoms with van der Waals surface area (Å²) >= 11 is 17.5. The summed E-state index contributed by atoms with van der Waals surface area (Å²) in [5, 5.41) is 14.3. The van der Waals surface area contributed by atoms with Crippen molar-refractivity contribution in [2.24, 2.45) is 5.10 Å². The zero-order valence-electron chi connectivity index (χ0n) is 10.2. The highest BCUT2D eigenvalue weighted by Gasteiger charge is 2.16. The van der Waals surface area contributed by atoms with Crippen LogP contribution in [-0.2, 0) is 0 Å². The van der Waals surface area contributed by atoms with Gasteiger partial charge in [0, 0.05) is 12.4 Å². The van der Waals surface area contributed by atoms with Gasteiger partial charge in [-0.2, -0.15) is 5.10 Å². The Bertz CT molecular complexity index is 707. The number of aromatic carboxylic acids is 1. The monoisotopic (exact) mass is 343 g/mol. The summed E-state index contributed by atoms with van der Waals surface area (Å²) in [4.78, 5) is 18.3. The molecule has 6 nitrogen and oxygen atoms in total. The van der Waals surface area contributed by atoms with Crippen LogP contribution in [0.2, 0.25) is 15.2 Å². The van der Waals surface area contributed by atoms with E-state index in [4.69, 9.17) is 34.8 Å². The van der Waals surface area contributed by atoms with Crippen molar-refractivity contribution < 1.29 is 9.90 Å². The average Bonchev–Trinajstić information content (AvgIpc) is 2.47. The summed E-state index contributed by atoms with van der Waals surface area (Å²) in [6.07, 6.45) is 4.67. The van der Waals surface area contributed by atoms with Crippen LogP contribution in [0.1, 0.15) is 16.1 Å². The molecule has 0 atom stereocenters. The van der Waals surface area contributed by atoms with E-state index in [1.165, 1.54) is 6.21 Å². The lowest BCUT2D eigenvalue weighted by molar-refractivity contribution is -0.255. The molecule has 2 aromatic heterocycles. The lowest BCUT2D eigenvalue weighted by Crippen LogP contribution is -2.24. The third-order valence-corrected chi connectivity index (χ3v) is 3.43. The molecule has 21 heavy (non-hydrogen) atoms. The Balaban J connectivity index is 2.31. The van der Waals surface area contributed by atoms with Gasteiger partial charge in [0.1, 0.15) is 10.7 Å². The third kappa shape index (κ3) is 3.60. The van der Waals surface area contributed by atoms with Crippen molar-refractivity contribution in [3.05, 3.63) is 51.0 Å². The quantitative estimate of drug-likeness (QED) is 0.522. The van der Waals surface area contributed by atoms with Crippen LogP contribution >= 0.6 is 34.8 Å². The van der Waals surface area contributed by atoms with Gasteiger partial charge in [-0.15, -0.1) is 0 Å². The molecule has 0 aliphatic heterocycles. The number of rotatable bonds is 4. The van der Waals surface area contributed by atoms with Gasteiger partial charge < -0.3 is 9.90 Å². The second kappa shape index (κ2) is 6.71. The van der Waals surface area contributed by atoms with E-state index in [-0.39, 0.29) is 20.9 Å². The minimum Gasteiger partial charge on any atom is -0.543 e. The Morgan fingerprint density at radius 2 is 1.90 bits per heavy atom. The molecule has 1 N–H and O–H groups in total. The third-order valence-electron chi connectivity index (χ3n) is 2.33. The minimum atomic E-state index is -1.57. The Morgan fingerprint density at radius 1 is 1.24 bits per heavy atom. The number of carboxylic acids is 1. The summed E-state index contributed by atoms with van der Waals surface area (Å²) in [6, 6.07) is 3.45. The molecule has 108 valence electrons. The predicted octanol–water partition coefficient (Wildman–Crippen LogP) is 2.25. The zero-order chi connectivity index (χ0) is 15.4. The highest BCUT2D eigenvalue weighted by atomic mass is 35.5. The van der Waals surface area contributed by atoms with Gasteiger partial charge in [-0.1, -0.05) is 34.8 Å². The SMILES string of the molecule is O=C([O-])c1nc(Cl)c(Cl)c(N/N=C\c2ccncc2)c1Cl. The molecule has 2 rings (SSSR count). The standard InChI is InChI=1S/C12H7Cl3N4O2/c13-7-9(8(14)11(15)18-10(7)12(20)21)19-17-5-6-1-3-16-4-2-6/h1-5H,(H,18,19)(H,20,21)/p-1/b17-5-. The highest BCUT2D eigenvalue weighted by Crippen LogP contribution is 2.36. The Labute approximate surface area is 134 Å². The molecular formula is C12H6Cl3N4O2-. The number of hydrogen-bond donors (Lipinski definition) is 1. The van der Waals surface area contributed by atoms with Gasteiger partial charge in [0.15, 0.2) is 5.15 Å². The van der Waals surface area contributed by atoms with Crippen LogP contribution in [0.4, 0.5) is 5.69 Å². The van der Waals surface area contributed by atoms with Crippen molar-refractivity contribution in [3.63, 3.8) is 0 Å². The van der Waals surface area contributed by atoms with Gasteiger partial charge >= 0.3 is 0 Å². The Kier molecular flexibility index (Phi) is 4.95. The zero-order valence-corrected chi connectivity index (χ0v) is 12.4. The molecule has 2 heterocycles. The smallest absolute Gasteiger partial charge is 0.150 e. The van der Waals surface area contributed by atoms with Crippen LogP contribution in [0.5, 0.6) is 0 Å². The maximum absolute atomic E-state index is 10.9. The molecule has 0 saturated heterocycles. The van der Waals surface area contributed by atoms with E-state index < -0.39 is 11.7 Å². The van der Waals surface area contributed by atoms with Crippen molar-refractivity contribution >= 4 is 52.7 Å². The maximum Gasteiger partial charge on any atom is 0.150 e.